The number of nitrogens with zero attached hydrogens (tertiary/aromatic N) is 3. The molecule has 0 spiro atoms. The minimum absolute atomic E-state index is 0.581. The number of aromatic nitrogens is 2. The molecule has 3 N–H and O–H groups in total. The molecule has 2 heterocycles. The summed E-state index contributed by atoms with van der Waals surface area (Å²) in [5.74, 6) is 6.71. The Bertz CT molecular complexity index is 311. The quantitative estimate of drug-likeness (QED) is 0.527. The smallest absolute Gasteiger partial charge is 0.160 e. The Labute approximate surface area is 88.4 Å². The van der Waals surface area contributed by atoms with Gasteiger partial charge in [-0.3, -0.25) is 4.98 Å². The zero-order chi connectivity index (χ0) is 10.5. The minimum Gasteiger partial charge on any atom is -0.380 e. The van der Waals surface area contributed by atoms with Crippen molar-refractivity contribution >= 4 is 11.6 Å². The predicted molar refractivity (Wildman–Crippen MR) is 57.5 cm³/mol. The molecule has 0 unspecified atom stereocenters. The summed E-state index contributed by atoms with van der Waals surface area (Å²) >= 11 is 0. The Balaban J connectivity index is 2.12. The number of anilines is 2. The number of nitrogen functional groups attached to an aromatic ring is 1. The largest absolute Gasteiger partial charge is 0.380 e. The average molecular weight is 209 g/mol. The van der Waals surface area contributed by atoms with Crippen LogP contribution >= 0.6 is 0 Å². The Morgan fingerprint density at radius 1 is 1.33 bits per heavy atom. The van der Waals surface area contributed by atoms with E-state index in [1.165, 1.54) is 0 Å². The third-order valence-electron chi connectivity index (χ3n) is 2.32. The van der Waals surface area contributed by atoms with Gasteiger partial charge in [-0.15, -0.1) is 0 Å². The molecular formula is C9H15N5O. The molecule has 15 heavy (non-hydrogen) atoms. The van der Waals surface area contributed by atoms with Gasteiger partial charge in [0.1, 0.15) is 5.82 Å². The molecule has 0 atom stereocenters. The number of hydrogen-bond acceptors (Lipinski definition) is 6. The van der Waals surface area contributed by atoms with E-state index in [9.17, 15) is 0 Å². The Morgan fingerprint density at radius 2 is 2.27 bits per heavy atom. The molecule has 0 bridgehead atoms. The van der Waals surface area contributed by atoms with Gasteiger partial charge >= 0.3 is 0 Å². The lowest BCUT2D eigenvalue weighted by Gasteiger charge is -2.20. The van der Waals surface area contributed by atoms with Crippen LogP contribution in [0.1, 0.15) is 6.42 Å². The second kappa shape index (κ2) is 4.90. The summed E-state index contributed by atoms with van der Waals surface area (Å²) in [6, 6.07) is 0. The van der Waals surface area contributed by atoms with E-state index in [0.29, 0.717) is 5.82 Å². The van der Waals surface area contributed by atoms with E-state index in [1.54, 1.807) is 12.4 Å². The zero-order valence-electron chi connectivity index (χ0n) is 8.52. The highest BCUT2D eigenvalue weighted by Gasteiger charge is 2.11. The average Bonchev–Trinajstić information content (AvgIpc) is 2.58. The van der Waals surface area contributed by atoms with E-state index in [0.717, 1.165) is 38.5 Å². The third kappa shape index (κ3) is 2.54. The first-order valence-corrected chi connectivity index (χ1v) is 5.01. The van der Waals surface area contributed by atoms with Crippen molar-refractivity contribution in [3.8, 4) is 0 Å². The molecule has 0 aromatic carbocycles. The standard InChI is InChI=1S/C9H15N5O/c10-13-8-6-11-7-9(12-8)14-2-1-4-15-5-3-14/h6-7H,1-5,10H2,(H,12,13). The summed E-state index contributed by atoms with van der Waals surface area (Å²) in [6.07, 6.45) is 4.35. The molecule has 1 aromatic rings. The van der Waals surface area contributed by atoms with Gasteiger partial charge in [0, 0.05) is 19.7 Å². The minimum atomic E-state index is 0.581. The van der Waals surface area contributed by atoms with Gasteiger partial charge in [-0.1, -0.05) is 0 Å². The molecule has 1 aromatic heterocycles. The first-order valence-electron chi connectivity index (χ1n) is 5.01. The van der Waals surface area contributed by atoms with Crippen LogP contribution in [0, 0.1) is 0 Å². The highest BCUT2D eigenvalue weighted by Crippen LogP contribution is 2.13. The van der Waals surface area contributed by atoms with Crippen LogP contribution in [0.3, 0.4) is 0 Å². The lowest BCUT2D eigenvalue weighted by atomic mass is 10.4. The molecular weight excluding hydrogens is 194 g/mol. The Kier molecular flexibility index (Phi) is 3.31. The number of rotatable bonds is 2. The van der Waals surface area contributed by atoms with Gasteiger partial charge in [0.2, 0.25) is 0 Å². The maximum Gasteiger partial charge on any atom is 0.160 e. The lowest BCUT2D eigenvalue weighted by molar-refractivity contribution is 0.152. The summed E-state index contributed by atoms with van der Waals surface area (Å²) in [5.41, 5.74) is 2.49. The molecule has 0 amide bonds. The van der Waals surface area contributed by atoms with Crippen molar-refractivity contribution in [1.29, 1.82) is 0 Å². The molecule has 1 aliphatic rings. The zero-order valence-corrected chi connectivity index (χ0v) is 8.52. The van der Waals surface area contributed by atoms with Crippen molar-refractivity contribution < 1.29 is 4.74 Å². The van der Waals surface area contributed by atoms with Crippen molar-refractivity contribution in [3.63, 3.8) is 0 Å². The van der Waals surface area contributed by atoms with Crippen molar-refractivity contribution in [2.75, 3.05) is 36.6 Å². The first kappa shape index (κ1) is 10.1. The maximum absolute atomic E-state index is 5.37. The molecule has 2 rings (SSSR count). The van der Waals surface area contributed by atoms with Crippen molar-refractivity contribution in [2.24, 2.45) is 5.84 Å². The monoisotopic (exact) mass is 209 g/mol. The molecule has 6 nitrogen and oxygen atoms in total. The fourth-order valence-electron chi connectivity index (χ4n) is 1.55. The summed E-state index contributed by atoms with van der Waals surface area (Å²) in [6.45, 7) is 3.35. The molecule has 1 fully saturated rings. The van der Waals surface area contributed by atoms with E-state index in [4.69, 9.17) is 10.6 Å². The number of hydrazine groups is 1. The molecule has 0 radical (unpaired) electrons. The van der Waals surface area contributed by atoms with Gasteiger partial charge in [-0.2, -0.15) is 0 Å². The van der Waals surface area contributed by atoms with Crippen LogP contribution in [0.5, 0.6) is 0 Å². The number of hydrogen-bond donors (Lipinski definition) is 2. The summed E-state index contributed by atoms with van der Waals surface area (Å²) in [5, 5.41) is 0. The molecule has 0 aliphatic carbocycles. The fraction of sp³-hybridized carbons (Fsp3) is 0.556. The SMILES string of the molecule is NNc1cncc(N2CCCOCC2)n1. The Hall–Kier alpha value is -1.40. The highest BCUT2D eigenvalue weighted by molar-refractivity contribution is 5.43. The van der Waals surface area contributed by atoms with Gasteiger partial charge in [0.05, 0.1) is 19.0 Å². The van der Waals surface area contributed by atoms with Gasteiger partial charge in [0.25, 0.3) is 0 Å². The van der Waals surface area contributed by atoms with Crippen LogP contribution in [0.2, 0.25) is 0 Å². The molecule has 82 valence electrons. The highest BCUT2D eigenvalue weighted by atomic mass is 16.5. The van der Waals surface area contributed by atoms with E-state index < -0.39 is 0 Å². The first-order chi connectivity index (χ1) is 7.40. The van der Waals surface area contributed by atoms with Gasteiger partial charge in [0.15, 0.2) is 5.82 Å². The second-order valence-corrected chi connectivity index (χ2v) is 3.36. The van der Waals surface area contributed by atoms with E-state index in [-0.39, 0.29) is 0 Å². The topological polar surface area (TPSA) is 76.3 Å². The van der Waals surface area contributed by atoms with Crippen LogP contribution in [-0.2, 0) is 4.74 Å². The van der Waals surface area contributed by atoms with E-state index in [1.807, 2.05) is 0 Å². The molecule has 1 saturated heterocycles. The van der Waals surface area contributed by atoms with Gasteiger partial charge in [-0.05, 0) is 6.42 Å². The molecule has 6 heteroatoms. The number of ether oxygens (including phenoxy) is 1. The summed E-state index contributed by atoms with van der Waals surface area (Å²) < 4.78 is 5.37. The van der Waals surface area contributed by atoms with Crippen LogP contribution in [0.25, 0.3) is 0 Å². The van der Waals surface area contributed by atoms with Crippen LogP contribution in [0.15, 0.2) is 12.4 Å². The third-order valence-corrected chi connectivity index (χ3v) is 2.32. The van der Waals surface area contributed by atoms with Crippen molar-refractivity contribution in [1.82, 2.24) is 9.97 Å². The van der Waals surface area contributed by atoms with Gasteiger partial charge < -0.3 is 15.1 Å². The number of nitrogens with two attached hydrogens (primary N) is 1. The van der Waals surface area contributed by atoms with Crippen LogP contribution < -0.4 is 16.2 Å². The van der Waals surface area contributed by atoms with Gasteiger partial charge in [-0.25, -0.2) is 10.8 Å². The maximum atomic E-state index is 5.37. The van der Waals surface area contributed by atoms with Crippen LogP contribution in [-0.4, -0.2) is 36.3 Å². The van der Waals surface area contributed by atoms with Crippen LogP contribution in [0.4, 0.5) is 11.6 Å². The van der Waals surface area contributed by atoms with E-state index in [2.05, 4.69) is 20.3 Å². The van der Waals surface area contributed by atoms with Crippen molar-refractivity contribution in [3.05, 3.63) is 12.4 Å². The van der Waals surface area contributed by atoms with Crippen molar-refractivity contribution in [2.45, 2.75) is 6.42 Å². The second-order valence-electron chi connectivity index (χ2n) is 3.36. The predicted octanol–water partition coefficient (Wildman–Crippen LogP) is -0.0111. The lowest BCUT2D eigenvalue weighted by Crippen LogP contribution is -2.27. The summed E-state index contributed by atoms with van der Waals surface area (Å²) in [7, 11) is 0. The van der Waals surface area contributed by atoms with E-state index >= 15 is 0 Å². The fourth-order valence-corrected chi connectivity index (χ4v) is 1.55. The summed E-state index contributed by atoms with van der Waals surface area (Å²) in [4.78, 5) is 10.6. The molecule has 0 saturated carbocycles. The molecule has 1 aliphatic heterocycles. The number of nitrogens with one attached hydrogen (secondary N) is 1. The Morgan fingerprint density at radius 3 is 3.13 bits per heavy atom. The normalized spacial score (nSPS) is 17.3.